The van der Waals surface area contributed by atoms with E-state index < -0.39 is 9.05 Å². The fourth-order valence-electron chi connectivity index (χ4n) is 1.40. The third-order valence-corrected chi connectivity index (χ3v) is 3.40. The number of fused-ring (bicyclic) bond motifs is 1. The smallest absolute Gasteiger partial charge is 0.261 e. The van der Waals surface area contributed by atoms with Crippen LogP contribution in [0.3, 0.4) is 0 Å². The molecule has 1 aromatic carbocycles. The van der Waals surface area contributed by atoms with Gasteiger partial charge in [-0.2, -0.15) is 0 Å². The Morgan fingerprint density at radius 2 is 2.08 bits per heavy atom. The van der Waals surface area contributed by atoms with Gasteiger partial charge in [-0.1, -0.05) is 12.1 Å². The Morgan fingerprint density at radius 1 is 1.31 bits per heavy atom. The molecule has 0 radical (unpaired) electrons. The van der Waals surface area contributed by atoms with Crippen LogP contribution in [-0.4, -0.2) is 8.42 Å². The maximum Gasteiger partial charge on any atom is 0.261 e. The molecule has 0 fully saturated rings. The summed E-state index contributed by atoms with van der Waals surface area (Å²) in [6, 6.07) is 5.01. The molecule has 1 aliphatic rings. The molecule has 0 aromatic heterocycles. The Morgan fingerprint density at radius 3 is 2.77 bits per heavy atom. The molecule has 0 atom stereocenters. The van der Waals surface area contributed by atoms with E-state index in [1.54, 1.807) is 6.07 Å². The van der Waals surface area contributed by atoms with Gasteiger partial charge in [0.25, 0.3) is 9.05 Å². The lowest BCUT2D eigenvalue weighted by Crippen LogP contribution is -1.96. The molecule has 0 amide bonds. The Kier molecular flexibility index (Phi) is 2.06. The van der Waals surface area contributed by atoms with E-state index in [0.29, 0.717) is 18.8 Å². The molecular formula is C8H7ClO3S. The van der Waals surface area contributed by atoms with Crippen molar-refractivity contribution in [1.82, 2.24) is 0 Å². The molecule has 1 heterocycles. The summed E-state index contributed by atoms with van der Waals surface area (Å²) >= 11 is 0. The Hall–Kier alpha value is -0.580. The molecule has 0 unspecified atom stereocenters. The molecule has 3 nitrogen and oxygen atoms in total. The molecule has 1 aromatic rings. The zero-order valence-electron chi connectivity index (χ0n) is 6.66. The lowest BCUT2D eigenvalue weighted by molar-refractivity contribution is 0.133. The molecule has 0 spiro atoms. The van der Waals surface area contributed by atoms with E-state index in [1.165, 1.54) is 6.07 Å². The van der Waals surface area contributed by atoms with E-state index in [9.17, 15) is 8.42 Å². The van der Waals surface area contributed by atoms with Gasteiger partial charge in [0.1, 0.15) is 0 Å². The van der Waals surface area contributed by atoms with Gasteiger partial charge >= 0.3 is 0 Å². The van der Waals surface area contributed by atoms with Gasteiger partial charge in [0.2, 0.25) is 0 Å². The SMILES string of the molecule is O=S(=O)(Cl)c1cccc2c1COC2. The molecular weight excluding hydrogens is 212 g/mol. The van der Waals surface area contributed by atoms with Crippen LogP contribution >= 0.6 is 10.7 Å². The summed E-state index contributed by atoms with van der Waals surface area (Å²) in [6.45, 7) is 0.799. The number of hydrogen-bond donors (Lipinski definition) is 0. The maximum absolute atomic E-state index is 11.1. The zero-order valence-corrected chi connectivity index (χ0v) is 8.23. The van der Waals surface area contributed by atoms with E-state index in [-0.39, 0.29) is 4.90 Å². The van der Waals surface area contributed by atoms with Crippen LogP contribution < -0.4 is 0 Å². The highest BCUT2D eigenvalue weighted by Crippen LogP contribution is 2.28. The molecule has 0 saturated heterocycles. The van der Waals surface area contributed by atoms with Crippen molar-refractivity contribution in [3.63, 3.8) is 0 Å². The third kappa shape index (κ3) is 1.57. The fraction of sp³-hybridized carbons (Fsp3) is 0.250. The van der Waals surface area contributed by atoms with E-state index in [4.69, 9.17) is 15.4 Å². The number of halogens is 1. The molecule has 2 rings (SSSR count). The summed E-state index contributed by atoms with van der Waals surface area (Å²) < 4.78 is 27.3. The van der Waals surface area contributed by atoms with Crippen LogP contribution in [-0.2, 0) is 27.0 Å². The largest absolute Gasteiger partial charge is 0.372 e. The second-order valence-corrected chi connectivity index (χ2v) is 5.36. The molecule has 0 aliphatic carbocycles. The fourth-order valence-corrected chi connectivity index (χ4v) is 2.56. The highest BCUT2D eigenvalue weighted by molar-refractivity contribution is 8.13. The summed E-state index contributed by atoms with van der Waals surface area (Å²) in [5.41, 5.74) is 1.60. The molecule has 0 bridgehead atoms. The van der Waals surface area contributed by atoms with Crippen LogP contribution in [0.5, 0.6) is 0 Å². The van der Waals surface area contributed by atoms with Gasteiger partial charge in [0.15, 0.2) is 0 Å². The van der Waals surface area contributed by atoms with Crippen LogP contribution in [0.2, 0.25) is 0 Å². The molecule has 13 heavy (non-hydrogen) atoms. The molecule has 5 heteroatoms. The first-order valence-corrected chi connectivity index (χ1v) is 6.03. The van der Waals surface area contributed by atoms with E-state index in [1.807, 2.05) is 6.07 Å². The van der Waals surface area contributed by atoms with Gasteiger partial charge < -0.3 is 4.74 Å². The van der Waals surface area contributed by atoms with Gasteiger partial charge in [-0.05, 0) is 11.6 Å². The van der Waals surface area contributed by atoms with Crippen molar-refractivity contribution in [2.75, 3.05) is 0 Å². The topological polar surface area (TPSA) is 43.4 Å². The predicted octanol–water partition coefficient (Wildman–Crippen LogP) is 1.64. The standard InChI is InChI=1S/C8H7ClO3S/c9-13(10,11)8-3-1-2-6-4-12-5-7(6)8/h1-3H,4-5H2. The van der Waals surface area contributed by atoms with E-state index >= 15 is 0 Å². The lowest BCUT2D eigenvalue weighted by Gasteiger charge is -2.01. The maximum atomic E-state index is 11.1. The van der Waals surface area contributed by atoms with Gasteiger partial charge in [-0.25, -0.2) is 8.42 Å². The third-order valence-electron chi connectivity index (χ3n) is 2.00. The normalized spacial score (nSPS) is 15.8. The highest BCUT2D eigenvalue weighted by atomic mass is 35.7. The molecule has 1 aliphatic heterocycles. The van der Waals surface area contributed by atoms with Crippen molar-refractivity contribution < 1.29 is 13.2 Å². The second kappa shape index (κ2) is 2.97. The average molecular weight is 219 g/mol. The summed E-state index contributed by atoms with van der Waals surface area (Å²) in [5.74, 6) is 0. The van der Waals surface area contributed by atoms with Crippen LogP contribution in [0.15, 0.2) is 23.1 Å². The Labute approximate surface area is 80.7 Å². The van der Waals surface area contributed by atoms with Crippen molar-refractivity contribution in [3.8, 4) is 0 Å². The predicted molar refractivity (Wildman–Crippen MR) is 48.0 cm³/mol. The summed E-state index contributed by atoms with van der Waals surface area (Å²) in [7, 11) is 1.62. The number of rotatable bonds is 1. The first-order valence-electron chi connectivity index (χ1n) is 3.72. The van der Waals surface area contributed by atoms with Crippen molar-refractivity contribution in [2.45, 2.75) is 18.1 Å². The van der Waals surface area contributed by atoms with Crippen molar-refractivity contribution in [3.05, 3.63) is 29.3 Å². The van der Waals surface area contributed by atoms with E-state index in [0.717, 1.165) is 5.56 Å². The lowest BCUT2D eigenvalue weighted by atomic mass is 10.1. The van der Waals surface area contributed by atoms with Gasteiger partial charge in [-0.3, -0.25) is 0 Å². The molecule has 0 saturated carbocycles. The summed E-state index contributed by atoms with van der Waals surface area (Å²) in [6.07, 6.45) is 0. The van der Waals surface area contributed by atoms with Crippen molar-refractivity contribution >= 4 is 19.7 Å². The second-order valence-electron chi connectivity index (χ2n) is 2.82. The van der Waals surface area contributed by atoms with E-state index in [2.05, 4.69) is 0 Å². The van der Waals surface area contributed by atoms with Crippen LogP contribution in [0.1, 0.15) is 11.1 Å². The van der Waals surface area contributed by atoms with Crippen molar-refractivity contribution in [1.29, 1.82) is 0 Å². The summed E-state index contributed by atoms with van der Waals surface area (Å²) in [4.78, 5) is 0.171. The highest BCUT2D eigenvalue weighted by Gasteiger charge is 2.21. The first-order chi connectivity index (χ1) is 6.09. The number of ether oxygens (including phenoxy) is 1. The molecule has 0 N–H and O–H groups in total. The Bertz CT molecular complexity index is 439. The van der Waals surface area contributed by atoms with Crippen LogP contribution in [0, 0.1) is 0 Å². The summed E-state index contributed by atoms with van der Waals surface area (Å²) in [5, 5.41) is 0. The first kappa shape index (κ1) is 8.99. The average Bonchev–Trinajstić information content (AvgIpc) is 2.48. The minimum absolute atomic E-state index is 0.171. The van der Waals surface area contributed by atoms with Gasteiger partial charge in [0, 0.05) is 16.2 Å². The zero-order chi connectivity index (χ0) is 9.47. The monoisotopic (exact) mass is 218 g/mol. The number of benzene rings is 1. The quantitative estimate of drug-likeness (QED) is 0.674. The number of hydrogen-bond acceptors (Lipinski definition) is 3. The van der Waals surface area contributed by atoms with Crippen LogP contribution in [0.4, 0.5) is 0 Å². The minimum atomic E-state index is -3.64. The molecule has 70 valence electrons. The minimum Gasteiger partial charge on any atom is -0.372 e. The van der Waals surface area contributed by atoms with Crippen LogP contribution in [0.25, 0.3) is 0 Å². The Balaban J connectivity index is 2.67. The van der Waals surface area contributed by atoms with Gasteiger partial charge in [0.05, 0.1) is 18.1 Å². The van der Waals surface area contributed by atoms with Gasteiger partial charge in [-0.15, -0.1) is 0 Å². The van der Waals surface area contributed by atoms with Crippen molar-refractivity contribution in [2.24, 2.45) is 0 Å².